The highest BCUT2D eigenvalue weighted by atomic mass is 32.1. The van der Waals surface area contributed by atoms with Crippen molar-refractivity contribution in [3.8, 4) is 0 Å². The van der Waals surface area contributed by atoms with Crippen LogP contribution in [0.15, 0.2) is 6.07 Å². The highest BCUT2D eigenvalue weighted by Crippen LogP contribution is 2.32. The Balaban J connectivity index is 2.12. The van der Waals surface area contributed by atoms with Crippen molar-refractivity contribution in [3.63, 3.8) is 0 Å². The Kier molecular flexibility index (Phi) is 4.07. The molecule has 1 aliphatic carbocycles. The fourth-order valence-electron chi connectivity index (χ4n) is 2.48. The van der Waals surface area contributed by atoms with Crippen LogP contribution in [0.2, 0.25) is 0 Å². The molecule has 1 aromatic rings. The maximum absolute atomic E-state index is 12.2. The smallest absolute Gasteiger partial charge is 0.263 e. The van der Waals surface area contributed by atoms with Gasteiger partial charge in [0, 0.05) is 18.5 Å². The molecule has 1 amide bonds. The molecule has 0 saturated heterocycles. The maximum atomic E-state index is 12.2. The molecule has 1 aliphatic rings. The standard InChI is InChI=1S/C14H21NO2S/c1-9-4-5-12-11(6-9)7-13(18-12)14(17)15(3)8-10(2)16/h7,9-10,16H,4-6,8H2,1-3H3. The van der Waals surface area contributed by atoms with E-state index in [9.17, 15) is 9.90 Å². The molecule has 0 bridgehead atoms. The number of aliphatic hydroxyl groups is 1. The van der Waals surface area contributed by atoms with E-state index in [1.54, 1.807) is 30.2 Å². The summed E-state index contributed by atoms with van der Waals surface area (Å²) in [6.07, 6.45) is 2.95. The summed E-state index contributed by atoms with van der Waals surface area (Å²) in [5.41, 5.74) is 1.35. The van der Waals surface area contributed by atoms with Crippen LogP contribution < -0.4 is 0 Å². The number of aryl methyl sites for hydroxylation is 1. The number of hydrogen-bond donors (Lipinski definition) is 1. The van der Waals surface area contributed by atoms with E-state index in [0.717, 1.165) is 23.6 Å². The first-order valence-electron chi connectivity index (χ1n) is 6.52. The van der Waals surface area contributed by atoms with Gasteiger partial charge in [-0.25, -0.2) is 0 Å². The Morgan fingerprint density at radius 3 is 3.06 bits per heavy atom. The summed E-state index contributed by atoms with van der Waals surface area (Å²) in [5, 5.41) is 9.32. The summed E-state index contributed by atoms with van der Waals surface area (Å²) in [5.74, 6) is 0.758. The number of fused-ring (bicyclic) bond motifs is 1. The number of carbonyl (C=O) groups is 1. The zero-order valence-corrected chi connectivity index (χ0v) is 12.1. The van der Waals surface area contributed by atoms with Gasteiger partial charge in [0.25, 0.3) is 5.91 Å². The van der Waals surface area contributed by atoms with Gasteiger partial charge in [0.05, 0.1) is 11.0 Å². The Labute approximate surface area is 112 Å². The van der Waals surface area contributed by atoms with Crippen LogP contribution in [0.1, 0.15) is 40.4 Å². The number of thiophene rings is 1. The van der Waals surface area contributed by atoms with Crippen LogP contribution in [0.3, 0.4) is 0 Å². The highest BCUT2D eigenvalue weighted by molar-refractivity contribution is 7.14. The van der Waals surface area contributed by atoms with Crippen LogP contribution in [0.5, 0.6) is 0 Å². The van der Waals surface area contributed by atoms with Gasteiger partial charge < -0.3 is 10.0 Å². The summed E-state index contributed by atoms with van der Waals surface area (Å²) in [6.45, 7) is 4.35. The van der Waals surface area contributed by atoms with Crippen molar-refractivity contribution in [1.29, 1.82) is 0 Å². The monoisotopic (exact) mass is 267 g/mol. The molecule has 2 rings (SSSR count). The van der Waals surface area contributed by atoms with E-state index in [0.29, 0.717) is 6.54 Å². The number of amides is 1. The van der Waals surface area contributed by atoms with Gasteiger partial charge in [-0.15, -0.1) is 11.3 Å². The third kappa shape index (κ3) is 2.93. The van der Waals surface area contributed by atoms with Gasteiger partial charge in [-0.05, 0) is 43.7 Å². The van der Waals surface area contributed by atoms with Crippen LogP contribution in [0, 0.1) is 5.92 Å². The van der Waals surface area contributed by atoms with Crippen molar-refractivity contribution in [3.05, 3.63) is 21.4 Å². The lowest BCUT2D eigenvalue weighted by atomic mass is 9.90. The molecular formula is C14H21NO2S. The molecule has 0 saturated carbocycles. The molecule has 0 aromatic carbocycles. The molecule has 0 spiro atoms. The number of carbonyl (C=O) groups excluding carboxylic acids is 1. The lowest BCUT2D eigenvalue weighted by molar-refractivity contribution is 0.0708. The Bertz CT molecular complexity index is 439. The quantitative estimate of drug-likeness (QED) is 0.913. The van der Waals surface area contributed by atoms with Gasteiger partial charge in [0.1, 0.15) is 0 Å². The van der Waals surface area contributed by atoms with Gasteiger partial charge in [-0.1, -0.05) is 6.92 Å². The van der Waals surface area contributed by atoms with Gasteiger partial charge in [0.15, 0.2) is 0 Å². The van der Waals surface area contributed by atoms with Crippen LogP contribution in [-0.4, -0.2) is 35.6 Å². The average molecular weight is 267 g/mol. The molecule has 1 heterocycles. The summed E-state index contributed by atoms with van der Waals surface area (Å²) in [7, 11) is 1.75. The van der Waals surface area contributed by atoms with Crippen molar-refractivity contribution in [1.82, 2.24) is 4.90 Å². The predicted octanol–water partition coefficient (Wildman–Crippen LogP) is 2.33. The predicted molar refractivity (Wildman–Crippen MR) is 74.1 cm³/mol. The Morgan fingerprint density at radius 2 is 2.39 bits per heavy atom. The number of likely N-dealkylation sites (N-methyl/N-ethyl adjacent to an activating group) is 1. The van der Waals surface area contributed by atoms with Crippen molar-refractivity contribution >= 4 is 17.2 Å². The highest BCUT2D eigenvalue weighted by Gasteiger charge is 2.22. The molecule has 3 nitrogen and oxygen atoms in total. The molecule has 18 heavy (non-hydrogen) atoms. The van der Waals surface area contributed by atoms with Crippen molar-refractivity contribution in [2.45, 2.75) is 39.2 Å². The minimum absolute atomic E-state index is 0.0305. The number of hydrogen-bond acceptors (Lipinski definition) is 3. The van der Waals surface area contributed by atoms with Gasteiger partial charge >= 0.3 is 0 Å². The van der Waals surface area contributed by atoms with E-state index in [1.807, 2.05) is 0 Å². The summed E-state index contributed by atoms with van der Waals surface area (Å²) >= 11 is 1.63. The summed E-state index contributed by atoms with van der Waals surface area (Å²) in [6, 6.07) is 2.05. The van der Waals surface area contributed by atoms with Crippen molar-refractivity contribution in [2.75, 3.05) is 13.6 Å². The second-order valence-electron chi connectivity index (χ2n) is 5.44. The van der Waals surface area contributed by atoms with Crippen LogP contribution >= 0.6 is 11.3 Å². The minimum atomic E-state index is -0.478. The number of aliphatic hydroxyl groups excluding tert-OH is 1. The largest absolute Gasteiger partial charge is 0.392 e. The first-order chi connectivity index (χ1) is 8.47. The minimum Gasteiger partial charge on any atom is -0.392 e. The molecule has 4 heteroatoms. The molecule has 100 valence electrons. The zero-order chi connectivity index (χ0) is 13.3. The normalized spacial score (nSPS) is 20.3. The van der Waals surface area contributed by atoms with Gasteiger partial charge in [-0.3, -0.25) is 4.79 Å². The van der Waals surface area contributed by atoms with E-state index in [2.05, 4.69) is 13.0 Å². The maximum Gasteiger partial charge on any atom is 0.263 e. The van der Waals surface area contributed by atoms with Crippen LogP contribution in [-0.2, 0) is 12.8 Å². The second kappa shape index (κ2) is 5.41. The molecule has 2 unspecified atom stereocenters. The number of rotatable bonds is 3. The van der Waals surface area contributed by atoms with E-state index < -0.39 is 6.10 Å². The average Bonchev–Trinajstić information content (AvgIpc) is 2.69. The molecule has 1 aromatic heterocycles. The van der Waals surface area contributed by atoms with E-state index in [1.165, 1.54) is 16.9 Å². The van der Waals surface area contributed by atoms with E-state index in [4.69, 9.17) is 0 Å². The zero-order valence-electron chi connectivity index (χ0n) is 11.3. The molecular weight excluding hydrogens is 246 g/mol. The van der Waals surface area contributed by atoms with Gasteiger partial charge in [-0.2, -0.15) is 0 Å². The van der Waals surface area contributed by atoms with E-state index in [-0.39, 0.29) is 5.91 Å². The Hall–Kier alpha value is -0.870. The lowest BCUT2D eigenvalue weighted by Crippen LogP contribution is -2.32. The third-order valence-corrected chi connectivity index (χ3v) is 4.65. The molecule has 0 aliphatic heterocycles. The van der Waals surface area contributed by atoms with Crippen molar-refractivity contribution < 1.29 is 9.90 Å². The molecule has 0 fully saturated rings. The Morgan fingerprint density at radius 1 is 1.67 bits per heavy atom. The van der Waals surface area contributed by atoms with Crippen LogP contribution in [0.4, 0.5) is 0 Å². The third-order valence-electron chi connectivity index (χ3n) is 3.42. The molecule has 1 N–H and O–H groups in total. The second-order valence-corrected chi connectivity index (χ2v) is 6.58. The van der Waals surface area contributed by atoms with Crippen LogP contribution in [0.25, 0.3) is 0 Å². The van der Waals surface area contributed by atoms with E-state index >= 15 is 0 Å². The lowest BCUT2D eigenvalue weighted by Gasteiger charge is -2.17. The van der Waals surface area contributed by atoms with Crippen molar-refractivity contribution in [2.24, 2.45) is 5.92 Å². The fourth-order valence-corrected chi connectivity index (χ4v) is 3.68. The first-order valence-corrected chi connectivity index (χ1v) is 7.34. The first kappa shape index (κ1) is 13.6. The molecule has 2 atom stereocenters. The molecule has 0 radical (unpaired) electrons. The fraction of sp³-hybridized carbons (Fsp3) is 0.643. The summed E-state index contributed by atoms with van der Waals surface area (Å²) in [4.78, 5) is 16.0. The SMILES string of the molecule is CC(O)CN(C)C(=O)c1cc2c(s1)CCC(C)C2. The number of nitrogens with zero attached hydrogens (tertiary/aromatic N) is 1. The van der Waals surface area contributed by atoms with Gasteiger partial charge in [0.2, 0.25) is 0 Å². The topological polar surface area (TPSA) is 40.5 Å². The summed E-state index contributed by atoms with van der Waals surface area (Å²) < 4.78 is 0.